The lowest BCUT2D eigenvalue weighted by Gasteiger charge is -2.24. The molecule has 0 spiro atoms. The van der Waals surface area contributed by atoms with Crippen molar-refractivity contribution in [3.05, 3.63) is 0 Å². The molecule has 1 atom stereocenters. The van der Waals surface area contributed by atoms with Crippen LogP contribution in [0.4, 0.5) is 13.2 Å². The Morgan fingerprint density at radius 3 is 2.72 bits per heavy atom. The van der Waals surface area contributed by atoms with Gasteiger partial charge in [0, 0.05) is 39.7 Å². The van der Waals surface area contributed by atoms with Gasteiger partial charge in [-0.1, -0.05) is 0 Å². The van der Waals surface area contributed by atoms with Crippen molar-refractivity contribution >= 4 is 5.96 Å². The molecule has 1 N–H and O–H groups in total. The number of halogens is 3. The molecule has 0 aliphatic carbocycles. The van der Waals surface area contributed by atoms with Crippen LogP contribution < -0.4 is 5.32 Å². The van der Waals surface area contributed by atoms with Crippen LogP contribution in [0.1, 0.15) is 12.8 Å². The maximum absolute atomic E-state index is 12.0. The van der Waals surface area contributed by atoms with Crippen LogP contribution in [0.3, 0.4) is 0 Å². The van der Waals surface area contributed by atoms with Gasteiger partial charge in [0.2, 0.25) is 0 Å². The minimum absolute atomic E-state index is 0.151. The molecule has 0 aromatic rings. The normalized spacial score (nSPS) is 21.2. The first-order valence-electron chi connectivity index (χ1n) is 5.98. The Kier molecular flexibility index (Phi) is 5.71. The molecule has 7 heteroatoms. The van der Waals surface area contributed by atoms with Gasteiger partial charge < -0.3 is 15.0 Å². The third-order valence-corrected chi connectivity index (χ3v) is 2.82. The van der Waals surface area contributed by atoms with Crippen molar-refractivity contribution in [1.29, 1.82) is 0 Å². The first-order chi connectivity index (χ1) is 8.42. The summed E-state index contributed by atoms with van der Waals surface area (Å²) < 4.78 is 41.3. The Balaban J connectivity index is 2.31. The summed E-state index contributed by atoms with van der Waals surface area (Å²) in [7, 11) is 3.39. The maximum Gasteiger partial charge on any atom is 0.390 e. The van der Waals surface area contributed by atoms with E-state index < -0.39 is 12.6 Å². The van der Waals surface area contributed by atoms with E-state index in [1.165, 1.54) is 0 Å². The fourth-order valence-corrected chi connectivity index (χ4v) is 1.90. The van der Waals surface area contributed by atoms with Crippen LogP contribution in [0, 0.1) is 5.92 Å². The molecule has 1 unspecified atom stereocenters. The maximum atomic E-state index is 12.0. The van der Waals surface area contributed by atoms with Gasteiger partial charge in [-0.3, -0.25) is 4.99 Å². The molecule has 4 nitrogen and oxygen atoms in total. The van der Waals surface area contributed by atoms with Gasteiger partial charge in [0.1, 0.15) is 0 Å². The summed E-state index contributed by atoms with van der Waals surface area (Å²) in [5, 5.41) is 2.71. The minimum atomic E-state index is -4.14. The van der Waals surface area contributed by atoms with E-state index in [1.54, 1.807) is 7.05 Å². The standard InChI is InChI=1S/C11H20F3N3O/c1-15-10(16-5-4-11(12,13)14)17(2)7-9-3-6-18-8-9/h9H,3-8H2,1-2H3,(H,15,16). The molecule has 106 valence electrons. The van der Waals surface area contributed by atoms with Crippen molar-refractivity contribution in [3.63, 3.8) is 0 Å². The zero-order valence-corrected chi connectivity index (χ0v) is 10.8. The zero-order chi connectivity index (χ0) is 13.6. The monoisotopic (exact) mass is 267 g/mol. The van der Waals surface area contributed by atoms with E-state index in [9.17, 15) is 13.2 Å². The second-order valence-corrected chi connectivity index (χ2v) is 4.45. The van der Waals surface area contributed by atoms with Gasteiger partial charge in [-0.15, -0.1) is 0 Å². The van der Waals surface area contributed by atoms with Gasteiger partial charge in [-0.05, 0) is 6.42 Å². The molecule has 1 rings (SSSR count). The molecule has 18 heavy (non-hydrogen) atoms. The van der Waals surface area contributed by atoms with Crippen LogP contribution >= 0.6 is 0 Å². The number of rotatable bonds is 4. The lowest BCUT2D eigenvalue weighted by atomic mass is 10.1. The van der Waals surface area contributed by atoms with Gasteiger partial charge in [-0.25, -0.2) is 0 Å². The molecule has 0 amide bonds. The van der Waals surface area contributed by atoms with Crippen molar-refractivity contribution in [2.45, 2.75) is 19.0 Å². The summed E-state index contributed by atoms with van der Waals surface area (Å²) in [6, 6.07) is 0. The van der Waals surface area contributed by atoms with Gasteiger partial charge in [0.05, 0.1) is 13.0 Å². The van der Waals surface area contributed by atoms with Gasteiger partial charge in [0.15, 0.2) is 5.96 Å². The third kappa shape index (κ3) is 5.57. The lowest BCUT2D eigenvalue weighted by Crippen LogP contribution is -2.42. The van der Waals surface area contributed by atoms with Gasteiger partial charge in [-0.2, -0.15) is 13.2 Å². The second kappa shape index (κ2) is 6.82. The number of alkyl halides is 3. The molecule has 0 aromatic heterocycles. The Bertz CT molecular complexity index is 275. The van der Waals surface area contributed by atoms with Crippen molar-refractivity contribution in [2.24, 2.45) is 10.9 Å². The zero-order valence-electron chi connectivity index (χ0n) is 10.8. The summed E-state index contributed by atoms with van der Waals surface area (Å²) in [4.78, 5) is 5.82. The Hall–Kier alpha value is -0.980. The van der Waals surface area contributed by atoms with E-state index in [0.29, 0.717) is 18.5 Å². The Morgan fingerprint density at radius 2 is 2.22 bits per heavy atom. The van der Waals surface area contributed by atoms with Crippen molar-refractivity contribution in [1.82, 2.24) is 10.2 Å². The number of hydrogen-bond acceptors (Lipinski definition) is 2. The van der Waals surface area contributed by atoms with Crippen LogP contribution in [0.25, 0.3) is 0 Å². The molecule has 0 bridgehead atoms. The summed E-state index contributed by atoms with van der Waals surface area (Å²) in [6.07, 6.45) is -4.00. The summed E-state index contributed by atoms with van der Waals surface area (Å²) in [6.45, 7) is 2.07. The van der Waals surface area contributed by atoms with Crippen LogP contribution in [0.15, 0.2) is 4.99 Å². The molecule has 1 aliphatic heterocycles. The molecule has 0 aromatic carbocycles. The van der Waals surface area contributed by atoms with Gasteiger partial charge in [0.25, 0.3) is 0 Å². The molecular formula is C11H20F3N3O. The molecule has 1 heterocycles. The Labute approximate surface area is 105 Å². The van der Waals surface area contributed by atoms with Crippen LogP contribution in [0.5, 0.6) is 0 Å². The van der Waals surface area contributed by atoms with Gasteiger partial charge >= 0.3 is 6.18 Å². The van der Waals surface area contributed by atoms with E-state index in [1.807, 2.05) is 11.9 Å². The fraction of sp³-hybridized carbons (Fsp3) is 0.909. The highest BCUT2D eigenvalue weighted by Gasteiger charge is 2.26. The second-order valence-electron chi connectivity index (χ2n) is 4.45. The average Bonchev–Trinajstić information content (AvgIpc) is 2.75. The SMILES string of the molecule is CN=C(NCCC(F)(F)F)N(C)CC1CCOC1. The van der Waals surface area contributed by atoms with Crippen LogP contribution in [0.2, 0.25) is 0 Å². The highest BCUT2D eigenvalue weighted by molar-refractivity contribution is 5.79. The third-order valence-electron chi connectivity index (χ3n) is 2.82. The van der Waals surface area contributed by atoms with E-state index in [-0.39, 0.29) is 6.54 Å². The van der Waals surface area contributed by atoms with Crippen molar-refractivity contribution in [2.75, 3.05) is 40.4 Å². The lowest BCUT2D eigenvalue weighted by molar-refractivity contribution is -0.132. The van der Waals surface area contributed by atoms with E-state index in [4.69, 9.17) is 4.74 Å². The predicted molar refractivity (Wildman–Crippen MR) is 63.6 cm³/mol. The van der Waals surface area contributed by atoms with Crippen molar-refractivity contribution in [3.8, 4) is 0 Å². The number of aliphatic imine (C=N–C) groups is 1. The highest BCUT2D eigenvalue weighted by atomic mass is 19.4. The average molecular weight is 267 g/mol. The number of ether oxygens (including phenoxy) is 1. The summed E-state index contributed by atoms with van der Waals surface area (Å²) >= 11 is 0. The molecule has 0 saturated carbocycles. The smallest absolute Gasteiger partial charge is 0.381 e. The number of hydrogen-bond donors (Lipinski definition) is 1. The predicted octanol–water partition coefficient (Wildman–Crippen LogP) is 1.48. The highest BCUT2D eigenvalue weighted by Crippen LogP contribution is 2.18. The van der Waals surface area contributed by atoms with Crippen molar-refractivity contribution < 1.29 is 17.9 Å². The fourth-order valence-electron chi connectivity index (χ4n) is 1.90. The topological polar surface area (TPSA) is 36.9 Å². The first kappa shape index (κ1) is 15.1. The molecule has 1 saturated heterocycles. The molecule has 0 radical (unpaired) electrons. The van der Waals surface area contributed by atoms with E-state index in [2.05, 4.69) is 10.3 Å². The largest absolute Gasteiger partial charge is 0.390 e. The Morgan fingerprint density at radius 1 is 1.50 bits per heavy atom. The summed E-state index contributed by atoms with van der Waals surface area (Å²) in [5.41, 5.74) is 0. The number of nitrogens with zero attached hydrogens (tertiary/aromatic N) is 2. The summed E-state index contributed by atoms with van der Waals surface area (Å²) in [5.74, 6) is 0.919. The number of nitrogens with one attached hydrogen (secondary N) is 1. The molecular weight excluding hydrogens is 247 g/mol. The molecule has 1 aliphatic rings. The van der Waals surface area contributed by atoms with Crippen LogP contribution in [-0.2, 0) is 4.74 Å². The number of guanidine groups is 1. The minimum Gasteiger partial charge on any atom is -0.381 e. The first-order valence-corrected chi connectivity index (χ1v) is 5.98. The van der Waals surface area contributed by atoms with E-state index >= 15 is 0 Å². The quantitative estimate of drug-likeness (QED) is 0.619. The molecule has 1 fully saturated rings. The van der Waals surface area contributed by atoms with Crippen LogP contribution in [-0.4, -0.2) is 57.4 Å². The van der Waals surface area contributed by atoms with E-state index in [0.717, 1.165) is 19.6 Å².